The first-order valence-corrected chi connectivity index (χ1v) is 7.89. The quantitative estimate of drug-likeness (QED) is 0.767. The molecule has 0 saturated carbocycles. The van der Waals surface area contributed by atoms with Gasteiger partial charge in [-0.3, -0.25) is 9.48 Å². The van der Waals surface area contributed by atoms with E-state index in [0.717, 1.165) is 11.4 Å². The molecule has 0 aliphatic carbocycles. The number of carbonyl (C=O) groups excluding carboxylic acids is 1. The van der Waals surface area contributed by atoms with Gasteiger partial charge in [0.15, 0.2) is 11.5 Å². The van der Waals surface area contributed by atoms with E-state index in [1.807, 2.05) is 20.0 Å². The molecular weight excluding hydrogens is 351 g/mol. The van der Waals surface area contributed by atoms with Crippen molar-refractivity contribution in [2.24, 2.45) is 7.05 Å². The molecule has 2 heterocycles. The van der Waals surface area contributed by atoms with Gasteiger partial charge in [0.2, 0.25) is 0 Å². The summed E-state index contributed by atoms with van der Waals surface area (Å²) in [6, 6.07) is 8.44. The molecule has 8 heteroatoms. The van der Waals surface area contributed by atoms with Crippen molar-refractivity contribution in [1.82, 2.24) is 20.3 Å². The molecule has 3 rings (SSSR count). The Balaban J connectivity index is 1.71. The zero-order valence-corrected chi connectivity index (χ0v) is 14.5. The van der Waals surface area contributed by atoms with Crippen LogP contribution >= 0.6 is 23.2 Å². The van der Waals surface area contributed by atoms with Gasteiger partial charge >= 0.3 is 0 Å². The molecule has 0 aliphatic rings. The second-order valence-corrected chi connectivity index (χ2v) is 6.13. The number of hydrogen-bond acceptors (Lipinski definition) is 4. The molecule has 1 aromatic carbocycles. The third kappa shape index (κ3) is 3.44. The van der Waals surface area contributed by atoms with Gasteiger partial charge in [-0.25, -0.2) is 0 Å². The zero-order chi connectivity index (χ0) is 17.3. The number of aryl methyl sites for hydroxylation is 2. The van der Waals surface area contributed by atoms with E-state index in [2.05, 4.69) is 15.6 Å². The van der Waals surface area contributed by atoms with Crippen LogP contribution in [0, 0.1) is 6.92 Å². The number of aromatic nitrogens is 3. The van der Waals surface area contributed by atoms with Crippen LogP contribution in [0.25, 0.3) is 11.3 Å². The van der Waals surface area contributed by atoms with Crippen molar-refractivity contribution in [2.75, 3.05) is 0 Å². The van der Waals surface area contributed by atoms with Gasteiger partial charge < -0.3 is 9.84 Å². The molecule has 1 N–H and O–H groups in total. The summed E-state index contributed by atoms with van der Waals surface area (Å²) in [4.78, 5) is 12.2. The lowest BCUT2D eigenvalue weighted by atomic mass is 10.1. The second-order valence-electron chi connectivity index (χ2n) is 5.28. The van der Waals surface area contributed by atoms with Crippen LogP contribution in [0.1, 0.15) is 21.9 Å². The van der Waals surface area contributed by atoms with E-state index < -0.39 is 0 Å². The minimum Gasteiger partial charge on any atom is -0.355 e. The van der Waals surface area contributed by atoms with Crippen LogP contribution in [0.4, 0.5) is 0 Å². The Kier molecular flexibility index (Phi) is 4.59. The summed E-state index contributed by atoms with van der Waals surface area (Å²) in [7, 11) is 1.85. The molecule has 0 fully saturated rings. The minimum atomic E-state index is -0.349. The van der Waals surface area contributed by atoms with Crippen molar-refractivity contribution in [1.29, 1.82) is 0 Å². The monoisotopic (exact) mass is 364 g/mol. The number of benzene rings is 1. The maximum atomic E-state index is 12.2. The average Bonchev–Trinajstić information content (AvgIpc) is 3.13. The van der Waals surface area contributed by atoms with E-state index in [9.17, 15) is 4.79 Å². The van der Waals surface area contributed by atoms with Gasteiger partial charge in [0, 0.05) is 29.4 Å². The fourth-order valence-corrected chi connectivity index (χ4v) is 2.68. The minimum absolute atomic E-state index is 0.170. The fourth-order valence-electron chi connectivity index (χ4n) is 2.18. The smallest absolute Gasteiger partial charge is 0.273 e. The predicted octanol–water partition coefficient (Wildman–Crippen LogP) is 3.62. The molecule has 2 aromatic heterocycles. The Morgan fingerprint density at radius 3 is 2.75 bits per heavy atom. The van der Waals surface area contributed by atoms with E-state index in [4.69, 9.17) is 27.7 Å². The van der Waals surface area contributed by atoms with Crippen LogP contribution in [0.5, 0.6) is 0 Å². The van der Waals surface area contributed by atoms with E-state index >= 15 is 0 Å². The summed E-state index contributed by atoms with van der Waals surface area (Å²) in [6.45, 7) is 2.25. The number of nitrogens with zero attached hydrogens (tertiary/aromatic N) is 3. The predicted molar refractivity (Wildman–Crippen MR) is 91.1 cm³/mol. The molecule has 6 nitrogen and oxygen atoms in total. The summed E-state index contributed by atoms with van der Waals surface area (Å²) in [5.74, 6) is 0.0499. The van der Waals surface area contributed by atoms with Crippen molar-refractivity contribution < 1.29 is 9.32 Å². The standard InChI is InChI=1S/C16H14Cl2N4O2/c1-9-5-11(20-22(9)2)8-19-16(23)14-7-15(24-21-14)12-4-3-10(17)6-13(12)18/h3-7H,8H2,1-2H3,(H,19,23). The lowest BCUT2D eigenvalue weighted by Crippen LogP contribution is -2.23. The molecule has 0 unspecified atom stereocenters. The molecule has 0 atom stereocenters. The largest absolute Gasteiger partial charge is 0.355 e. The van der Waals surface area contributed by atoms with Gasteiger partial charge in [0.05, 0.1) is 17.3 Å². The first kappa shape index (κ1) is 16.5. The second kappa shape index (κ2) is 6.67. The first-order valence-electron chi connectivity index (χ1n) is 7.14. The van der Waals surface area contributed by atoms with Crippen molar-refractivity contribution in [2.45, 2.75) is 13.5 Å². The first-order chi connectivity index (χ1) is 11.4. The summed E-state index contributed by atoms with van der Waals surface area (Å²) in [5.41, 5.74) is 2.57. The summed E-state index contributed by atoms with van der Waals surface area (Å²) in [6.07, 6.45) is 0. The Morgan fingerprint density at radius 2 is 2.08 bits per heavy atom. The summed E-state index contributed by atoms with van der Waals surface area (Å²) in [5, 5.41) is 11.8. The average molecular weight is 365 g/mol. The van der Waals surface area contributed by atoms with Gasteiger partial charge in [-0.05, 0) is 31.2 Å². The highest BCUT2D eigenvalue weighted by atomic mass is 35.5. The number of amides is 1. The van der Waals surface area contributed by atoms with Gasteiger partial charge in [-0.2, -0.15) is 5.10 Å². The molecule has 24 heavy (non-hydrogen) atoms. The normalized spacial score (nSPS) is 10.8. The van der Waals surface area contributed by atoms with E-state index in [0.29, 0.717) is 27.9 Å². The number of rotatable bonds is 4. The van der Waals surface area contributed by atoms with Gasteiger partial charge in [-0.15, -0.1) is 0 Å². The van der Waals surface area contributed by atoms with Crippen LogP contribution < -0.4 is 5.32 Å². The third-order valence-corrected chi connectivity index (χ3v) is 4.08. The molecule has 0 spiro atoms. The number of carbonyl (C=O) groups is 1. The van der Waals surface area contributed by atoms with Crippen LogP contribution in [0.2, 0.25) is 10.0 Å². The maximum absolute atomic E-state index is 12.2. The number of hydrogen-bond donors (Lipinski definition) is 1. The lowest BCUT2D eigenvalue weighted by molar-refractivity contribution is 0.0941. The lowest BCUT2D eigenvalue weighted by Gasteiger charge is -2.00. The Hall–Kier alpha value is -2.31. The summed E-state index contributed by atoms with van der Waals surface area (Å²) >= 11 is 12.0. The molecule has 3 aromatic rings. The van der Waals surface area contributed by atoms with Gasteiger partial charge in [0.1, 0.15) is 0 Å². The molecule has 0 bridgehead atoms. The van der Waals surface area contributed by atoms with Crippen LogP contribution in [0.3, 0.4) is 0 Å². The highest BCUT2D eigenvalue weighted by Gasteiger charge is 2.16. The third-order valence-electron chi connectivity index (χ3n) is 3.53. The summed E-state index contributed by atoms with van der Waals surface area (Å²) < 4.78 is 6.96. The topological polar surface area (TPSA) is 73.0 Å². The highest BCUT2D eigenvalue weighted by Crippen LogP contribution is 2.30. The molecule has 0 saturated heterocycles. The van der Waals surface area contributed by atoms with Crippen molar-refractivity contribution in [3.05, 3.63) is 57.5 Å². The van der Waals surface area contributed by atoms with E-state index in [1.165, 1.54) is 6.07 Å². The zero-order valence-electron chi connectivity index (χ0n) is 13.0. The van der Waals surface area contributed by atoms with Crippen LogP contribution in [-0.4, -0.2) is 20.8 Å². The fraction of sp³-hybridized carbons (Fsp3) is 0.188. The van der Waals surface area contributed by atoms with Crippen molar-refractivity contribution in [3.8, 4) is 11.3 Å². The van der Waals surface area contributed by atoms with E-state index in [-0.39, 0.29) is 11.6 Å². The van der Waals surface area contributed by atoms with Crippen molar-refractivity contribution in [3.63, 3.8) is 0 Å². The van der Waals surface area contributed by atoms with Crippen LogP contribution in [-0.2, 0) is 13.6 Å². The van der Waals surface area contributed by atoms with Crippen molar-refractivity contribution >= 4 is 29.1 Å². The number of nitrogens with one attached hydrogen (secondary N) is 1. The molecule has 1 amide bonds. The van der Waals surface area contributed by atoms with Crippen LogP contribution in [0.15, 0.2) is 34.9 Å². The Labute approximate surface area is 148 Å². The Morgan fingerprint density at radius 1 is 1.29 bits per heavy atom. The molecule has 0 aliphatic heterocycles. The number of halogens is 2. The Bertz CT molecular complexity index is 882. The SMILES string of the molecule is Cc1cc(CNC(=O)c2cc(-c3ccc(Cl)cc3Cl)on2)nn1C. The van der Waals surface area contributed by atoms with Gasteiger partial charge in [0.25, 0.3) is 5.91 Å². The van der Waals surface area contributed by atoms with Gasteiger partial charge in [-0.1, -0.05) is 28.4 Å². The highest BCUT2D eigenvalue weighted by molar-refractivity contribution is 6.36. The van der Waals surface area contributed by atoms with E-state index in [1.54, 1.807) is 22.9 Å². The molecule has 0 radical (unpaired) electrons. The molecule has 124 valence electrons. The molecular formula is C16H14Cl2N4O2. The maximum Gasteiger partial charge on any atom is 0.273 e.